The predicted octanol–water partition coefficient (Wildman–Crippen LogP) is 1.11. The van der Waals surface area contributed by atoms with Crippen LogP contribution in [-0.2, 0) is 0 Å². The lowest BCUT2D eigenvalue weighted by molar-refractivity contribution is -0.00000468. The summed E-state index contributed by atoms with van der Waals surface area (Å²) in [7, 11) is 0. The van der Waals surface area contributed by atoms with E-state index in [1.54, 1.807) is 12.3 Å². The molecule has 0 aliphatic rings. The Hall–Kier alpha value is -2.32. The standard InChI is InChI=1S/C17H13NO.ClH/c19-17-8-4-1-5-14(17)10-9-13-11-12-18-16-7-3-2-6-15(13)16;/h1-12,19H;1H/p-1/b10-9+;. The average molecular weight is 283 g/mol. The number of aromatic nitrogens is 1. The molecule has 3 rings (SSSR count). The van der Waals surface area contributed by atoms with Gasteiger partial charge in [-0.15, -0.1) is 0 Å². The Balaban J connectivity index is 0.00000147. The first-order valence-electron chi connectivity index (χ1n) is 6.14. The lowest BCUT2D eigenvalue weighted by Gasteiger charge is -2.01. The fourth-order valence-corrected chi connectivity index (χ4v) is 2.07. The van der Waals surface area contributed by atoms with Crippen molar-refractivity contribution < 1.29 is 17.5 Å². The van der Waals surface area contributed by atoms with Gasteiger partial charge >= 0.3 is 0 Å². The zero-order chi connectivity index (χ0) is 13.1. The third-order valence-corrected chi connectivity index (χ3v) is 3.06. The smallest absolute Gasteiger partial charge is 0.122 e. The van der Waals surface area contributed by atoms with Gasteiger partial charge in [-0.2, -0.15) is 0 Å². The van der Waals surface area contributed by atoms with Crippen LogP contribution in [0.3, 0.4) is 0 Å². The van der Waals surface area contributed by atoms with Crippen LogP contribution >= 0.6 is 0 Å². The van der Waals surface area contributed by atoms with E-state index in [0.29, 0.717) is 0 Å². The van der Waals surface area contributed by atoms with Crippen LogP contribution in [0.5, 0.6) is 5.75 Å². The SMILES string of the molecule is Oc1ccccc1/C=C/c1ccnc2ccccc12.[Cl-]. The van der Waals surface area contributed by atoms with Gasteiger partial charge < -0.3 is 17.5 Å². The first-order valence-corrected chi connectivity index (χ1v) is 6.14. The number of hydrogen-bond acceptors (Lipinski definition) is 2. The van der Waals surface area contributed by atoms with Crippen LogP contribution in [0.4, 0.5) is 0 Å². The van der Waals surface area contributed by atoms with Gasteiger partial charge in [0.1, 0.15) is 5.75 Å². The van der Waals surface area contributed by atoms with Crippen LogP contribution < -0.4 is 12.4 Å². The molecule has 0 radical (unpaired) electrons. The van der Waals surface area contributed by atoms with Crippen LogP contribution in [0.25, 0.3) is 23.1 Å². The summed E-state index contributed by atoms with van der Waals surface area (Å²) in [6.45, 7) is 0. The highest BCUT2D eigenvalue weighted by atomic mass is 35.5. The molecule has 0 spiro atoms. The Bertz CT molecular complexity index is 747. The van der Waals surface area contributed by atoms with Gasteiger partial charge in [0.05, 0.1) is 5.52 Å². The van der Waals surface area contributed by atoms with Crippen molar-refractivity contribution >= 4 is 23.1 Å². The molecule has 0 unspecified atom stereocenters. The van der Waals surface area contributed by atoms with Gasteiger partial charge in [0.2, 0.25) is 0 Å². The van der Waals surface area contributed by atoms with E-state index in [0.717, 1.165) is 22.0 Å². The van der Waals surface area contributed by atoms with Crippen molar-refractivity contribution in [1.82, 2.24) is 4.98 Å². The zero-order valence-corrected chi connectivity index (χ0v) is 11.5. The highest BCUT2D eigenvalue weighted by molar-refractivity contribution is 5.90. The van der Waals surface area contributed by atoms with Crippen molar-refractivity contribution in [2.45, 2.75) is 0 Å². The monoisotopic (exact) mass is 282 g/mol. The van der Waals surface area contributed by atoms with Gasteiger partial charge in [0, 0.05) is 17.1 Å². The Morgan fingerprint density at radius 2 is 1.50 bits per heavy atom. The van der Waals surface area contributed by atoms with Crippen molar-refractivity contribution in [2.75, 3.05) is 0 Å². The second-order valence-corrected chi connectivity index (χ2v) is 4.31. The van der Waals surface area contributed by atoms with Gasteiger partial charge in [-0.1, -0.05) is 48.6 Å². The number of nitrogens with zero attached hydrogens (tertiary/aromatic N) is 1. The molecule has 0 fully saturated rings. The Morgan fingerprint density at radius 3 is 2.35 bits per heavy atom. The molecular weight excluding hydrogens is 270 g/mol. The van der Waals surface area contributed by atoms with Crippen LogP contribution in [0.1, 0.15) is 11.1 Å². The molecule has 1 aromatic heterocycles. The molecule has 0 saturated carbocycles. The fourth-order valence-electron chi connectivity index (χ4n) is 2.07. The number of hydrogen-bond donors (Lipinski definition) is 1. The predicted molar refractivity (Wildman–Crippen MR) is 78.8 cm³/mol. The maximum atomic E-state index is 9.74. The minimum Gasteiger partial charge on any atom is -1.00 e. The zero-order valence-electron chi connectivity index (χ0n) is 10.7. The molecule has 1 heterocycles. The summed E-state index contributed by atoms with van der Waals surface area (Å²) in [5.41, 5.74) is 2.87. The number of aromatic hydroxyl groups is 1. The molecule has 1 N–H and O–H groups in total. The van der Waals surface area contributed by atoms with E-state index in [1.807, 2.05) is 60.7 Å². The van der Waals surface area contributed by atoms with Crippen molar-refractivity contribution in [1.29, 1.82) is 0 Å². The Kier molecular flexibility index (Phi) is 4.38. The molecule has 2 aromatic carbocycles. The summed E-state index contributed by atoms with van der Waals surface area (Å²) < 4.78 is 0. The summed E-state index contributed by atoms with van der Waals surface area (Å²) in [6, 6.07) is 17.3. The number of phenols is 1. The van der Waals surface area contributed by atoms with Crippen LogP contribution in [-0.4, -0.2) is 10.1 Å². The molecule has 0 aliphatic heterocycles. The summed E-state index contributed by atoms with van der Waals surface area (Å²) in [5, 5.41) is 10.8. The van der Waals surface area contributed by atoms with Crippen LogP contribution in [0, 0.1) is 0 Å². The van der Waals surface area contributed by atoms with Crippen LogP contribution in [0.15, 0.2) is 60.8 Å². The summed E-state index contributed by atoms with van der Waals surface area (Å²) in [4.78, 5) is 4.33. The van der Waals surface area contributed by atoms with E-state index in [2.05, 4.69) is 4.98 Å². The largest absolute Gasteiger partial charge is 1.00 e. The lowest BCUT2D eigenvalue weighted by atomic mass is 10.1. The second-order valence-electron chi connectivity index (χ2n) is 4.31. The third-order valence-electron chi connectivity index (χ3n) is 3.06. The van der Waals surface area contributed by atoms with Gasteiger partial charge in [-0.25, -0.2) is 0 Å². The van der Waals surface area contributed by atoms with Crippen molar-refractivity contribution in [3.8, 4) is 5.75 Å². The van der Waals surface area contributed by atoms with Crippen molar-refractivity contribution in [3.63, 3.8) is 0 Å². The highest BCUT2D eigenvalue weighted by Crippen LogP contribution is 2.21. The van der Waals surface area contributed by atoms with E-state index in [9.17, 15) is 5.11 Å². The molecule has 0 bridgehead atoms. The molecule has 0 saturated heterocycles. The summed E-state index contributed by atoms with van der Waals surface area (Å²) in [5.74, 6) is 0.289. The molecule has 100 valence electrons. The first-order chi connectivity index (χ1) is 9.34. The maximum absolute atomic E-state index is 9.74. The molecule has 3 aromatic rings. The number of phenolic OH excluding ortho intramolecular Hbond substituents is 1. The van der Waals surface area contributed by atoms with Gasteiger partial charge in [-0.3, -0.25) is 4.98 Å². The van der Waals surface area contributed by atoms with E-state index in [-0.39, 0.29) is 18.2 Å². The molecule has 2 nitrogen and oxygen atoms in total. The van der Waals surface area contributed by atoms with E-state index >= 15 is 0 Å². The summed E-state index contributed by atoms with van der Waals surface area (Å²) >= 11 is 0. The number of para-hydroxylation sites is 2. The lowest BCUT2D eigenvalue weighted by Crippen LogP contribution is -3.00. The first kappa shape index (κ1) is 14.1. The summed E-state index contributed by atoms with van der Waals surface area (Å²) in [6.07, 6.45) is 5.71. The van der Waals surface area contributed by atoms with E-state index in [4.69, 9.17) is 0 Å². The highest BCUT2D eigenvalue weighted by Gasteiger charge is 1.98. The van der Waals surface area contributed by atoms with Gasteiger partial charge in [0.25, 0.3) is 0 Å². The molecule has 0 amide bonds. The number of fused-ring (bicyclic) bond motifs is 1. The fraction of sp³-hybridized carbons (Fsp3) is 0. The van der Waals surface area contributed by atoms with Crippen molar-refractivity contribution in [2.24, 2.45) is 0 Å². The van der Waals surface area contributed by atoms with Crippen molar-refractivity contribution in [3.05, 3.63) is 71.9 Å². The molecule has 20 heavy (non-hydrogen) atoms. The third kappa shape index (κ3) is 2.81. The van der Waals surface area contributed by atoms with Gasteiger partial charge in [-0.05, 0) is 23.8 Å². The minimum absolute atomic E-state index is 0. The van der Waals surface area contributed by atoms with E-state index < -0.39 is 0 Å². The number of rotatable bonds is 2. The Labute approximate surface area is 123 Å². The minimum atomic E-state index is 0. The Morgan fingerprint density at radius 1 is 0.800 bits per heavy atom. The topological polar surface area (TPSA) is 33.1 Å². The number of benzene rings is 2. The second kappa shape index (κ2) is 6.22. The molecule has 3 heteroatoms. The molecular formula is C17H13ClNO-. The number of halogens is 1. The number of pyridine rings is 1. The van der Waals surface area contributed by atoms with E-state index in [1.165, 1.54) is 0 Å². The normalized spacial score (nSPS) is 10.6. The quantitative estimate of drug-likeness (QED) is 0.764. The van der Waals surface area contributed by atoms with Gasteiger partial charge in [0.15, 0.2) is 0 Å². The average Bonchev–Trinajstić information content (AvgIpc) is 2.46. The molecule has 0 atom stereocenters. The maximum Gasteiger partial charge on any atom is 0.122 e. The van der Waals surface area contributed by atoms with Crippen LogP contribution in [0.2, 0.25) is 0 Å². The molecule has 0 aliphatic carbocycles.